The van der Waals surface area contributed by atoms with E-state index in [2.05, 4.69) is 10.0 Å². The molecule has 6 nitrogen and oxygen atoms in total. The minimum Gasteiger partial charge on any atom is -0.356 e. The Morgan fingerprint density at radius 3 is 2.70 bits per heavy atom. The first-order chi connectivity index (χ1) is 10.9. The summed E-state index contributed by atoms with van der Waals surface area (Å²) in [7, 11) is -3.53. The molecule has 1 aliphatic rings. The molecule has 1 aromatic rings. The van der Waals surface area contributed by atoms with Crippen molar-refractivity contribution in [2.45, 2.75) is 49.3 Å². The number of rotatable bonds is 8. The Morgan fingerprint density at radius 2 is 2.09 bits per heavy atom. The molecule has 8 heteroatoms. The Morgan fingerprint density at radius 1 is 1.39 bits per heavy atom. The molecule has 0 saturated heterocycles. The summed E-state index contributed by atoms with van der Waals surface area (Å²) >= 11 is 1.24. The van der Waals surface area contributed by atoms with E-state index < -0.39 is 10.0 Å². The number of amides is 1. The van der Waals surface area contributed by atoms with Crippen molar-refractivity contribution in [2.75, 3.05) is 13.1 Å². The van der Waals surface area contributed by atoms with Crippen molar-refractivity contribution in [1.29, 1.82) is 0 Å². The fraction of sp³-hybridized carbons (Fsp3) is 0.667. The highest BCUT2D eigenvalue weighted by molar-refractivity contribution is 7.91. The molecule has 4 N–H and O–H groups in total. The van der Waals surface area contributed by atoms with Crippen molar-refractivity contribution >= 4 is 27.3 Å². The van der Waals surface area contributed by atoms with Gasteiger partial charge in [-0.15, -0.1) is 11.3 Å². The fourth-order valence-electron chi connectivity index (χ4n) is 2.95. The van der Waals surface area contributed by atoms with Crippen LogP contribution in [0.4, 0.5) is 0 Å². The van der Waals surface area contributed by atoms with E-state index in [0.717, 1.165) is 30.6 Å². The van der Waals surface area contributed by atoms with Gasteiger partial charge in [0.2, 0.25) is 15.9 Å². The van der Waals surface area contributed by atoms with Crippen LogP contribution in [-0.4, -0.2) is 33.5 Å². The van der Waals surface area contributed by atoms with Gasteiger partial charge in [0.05, 0.1) is 0 Å². The summed E-state index contributed by atoms with van der Waals surface area (Å²) in [6.07, 6.45) is 5.00. The van der Waals surface area contributed by atoms with Crippen LogP contribution in [0.1, 0.15) is 37.5 Å². The average molecular weight is 360 g/mol. The van der Waals surface area contributed by atoms with Gasteiger partial charge in [0.15, 0.2) is 0 Å². The smallest absolute Gasteiger partial charge is 0.250 e. The Kier molecular flexibility index (Phi) is 6.58. The van der Waals surface area contributed by atoms with E-state index in [0.29, 0.717) is 29.6 Å². The first kappa shape index (κ1) is 18.4. The maximum atomic E-state index is 12.5. The highest BCUT2D eigenvalue weighted by atomic mass is 32.2. The van der Waals surface area contributed by atoms with Crippen molar-refractivity contribution < 1.29 is 13.2 Å². The van der Waals surface area contributed by atoms with Gasteiger partial charge in [0, 0.05) is 30.9 Å². The molecule has 1 saturated carbocycles. The lowest BCUT2D eigenvalue weighted by molar-refractivity contribution is -0.118. The quantitative estimate of drug-likeness (QED) is 0.649. The predicted octanol–water partition coefficient (Wildman–Crippen LogP) is 1.22. The molecule has 1 fully saturated rings. The minimum atomic E-state index is -3.53. The zero-order valence-corrected chi connectivity index (χ0v) is 15.0. The standard InChI is InChI=1S/C15H25N3O3S2/c1-11(19)17-9-8-13-6-7-15(22-13)23(20,21)18-14(10-16)12-4-2-3-5-12/h6-7,12,14,18H,2-5,8-10,16H2,1H3,(H,17,19). The molecule has 23 heavy (non-hydrogen) atoms. The third-order valence-electron chi connectivity index (χ3n) is 4.18. The van der Waals surface area contributed by atoms with Crippen molar-refractivity contribution in [3.8, 4) is 0 Å². The summed E-state index contributed by atoms with van der Waals surface area (Å²) < 4.78 is 28.1. The molecule has 1 amide bonds. The van der Waals surface area contributed by atoms with Gasteiger partial charge >= 0.3 is 0 Å². The molecule has 0 spiro atoms. The maximum absolute atomic E-state index is 12.5. The van der Waals surface area contributed by atoms with Crippen molar-refractivity contribution in [3.63, 3.8) is 0 Å². The summed E-state index contributed by atoms with van der Waals surface area (Å²) in [4.78, 5) is 11.8. The Labute approximate surface area is 141 Å². The first-order valence-electron chi connectivity index (χ1n) is 7.98. The molecule has 1 aliphatic carbocycles. The Hall–Kier alpha value is -0.960. The van der Waals surface area contributed by atoms with Crippen LogP contribution in [0, 0.1) is 5.92 Å². The molecule has 1 unspecified atom stereocenters. The zero-order chi connectivity index (χ0) is 16.9. The molecular weight excluding hydrogens is 334 g/mol. The molecule has 0 radical (unpaired) electrons. The van der Waals surface area contributed by atoms with Gasteiger partial charge in [-0.2, -0.15) is 0 Å². The van der Waals surface area contributed by atoms with E-state index in [4.69, 9.17) is 5.73 Å². The molecular formula is C15H25N3O3S2. The molecule has 1 atom stereocenters. The van der Waals surface area contributed by atoms with E-state index in [1.807, 2.05) is 0 Å². The number of hydrogen-bond acceptors (Lipinski definition) is 5. The molecule has 0 bridgehead atoms. The average Bonchev–Trinajstić information content (AvgIpc) is 3.16. The second-order valence-electron chi connectivity index (χ2n) is 5.96. The summed E-state index contributed by atoms with van der Waals surface area (Å²) in [5, 5.41) is 2.71. The fourth-order valence-corrected chi connectivity index (χ4v) is 5.64. The number of hydrogen-bond donors (Lipinski definition) is 3. The highest BCUT2D eigenvalue weighted by Crippen LogP contribution is 2.29. The van der Waals surface area contributed by atoms with Gasteiger partial charge in [-0.05, 0) is 37.3 Å². The van der Waals surface area contributed by atoms with E-state index in [1.165, 1.54) is 18.3 Å². The molecule has 1 aromatic heterocycles. The van der Waals surface area contributed by atoms with Crippen LogP contribution < -0.4 is 15.8 Å². The molecule has 130 valence electrons. The van der Waals surface area contributed by atoms with Crippen LogP contribution in [-0.2, 0) is 21.2 Å². The van der Waals surface area contributed by atoms with Crippen molar-refractivity contribution in [3.05, 3.63) is 17.0 Å². The Balaban J connectivity index is 1.98. The van der Waals surface area contributed by atoms with Crippen LogP contribution in [0.2, 0.25) is 0 Å². The van der Waals surface area contributed by atoms with Crippen LogP contribution in [0.15, 0.2) is 16.3 Å². The molecule has 2 rings (SSSR count). The SMILES string of the molecule is CC(=O)NCCc1ccc(S(=O)(=O)NC(CN)C2CCCC2)s1. The second-order valence-corrected chi connectivity index (χ2v) is 9.07. The lowest BCUT2D eigenvalue weighted by Gasteiger charge is -2.22. The first-order valence-corrected chi connectivity index (χ1v) is 10.3. The summed E-state index contributed by atoms with van der Waals surface area (Å²) in [5.74, 6) is 0.257. The highest BCUT2D eigenvalue weighted by Gasteiger charge is 2.29. The Bertz CT molecular complexity index is 622. The number of nitrogens with two attached hydrogens (primary N) is 1. The largest absolute Gasteiger partial charge is 0.356 e. The van der Waals surface area contributed by atoms with E-state index in [1.54, 1.807) is 12.1 Å². The van der Waals surface area contributed by atoms with E-state index >= 15 is 0 Å². The molecule has 1 heterocycles. The second kappa shape index (κ2) is 8.23. The molecule has 0 aromatic carbocycles. The third-order valence-corrected chi connectivity index (χ3v) is 7.30. The van der Waals surface area contributed by atoms with Gasteiger partial charge in [0.1, 0.15) is 4.21 Å². The number of sulfonamides is 1. The van der Waals surface area contributed by atoms with Gasteiger partial charge in [-0.1, -0.05) is 12.8 Å². The topological polar surface area (TPSA) is 101 Å². The van der Waals surface area contributed by atoms with Gasteiger partial charge < -0.3 is 11.1 Å². The molecule has 0 aliphatic heterocycles. The maximum Gasteiger partial charge on any atom is 0.250 e. The monoisotopic (exact) mass is 359 g/mol. The summed E-state index contributed by atoms with van der Waals surface area (Å²) in [6.45, 7) is 2.30. The van der Waals surface area contributed by atoms with E-state index in [9.17, 15) is 13.2 Å². The number of carbonyl (C=O) groups excluding carboxylic acids is 1. The third kappa shape index (κ3) is 5.27. The van der Waals surface area contributed by atoms with E-state index in [-0.39, 0.29) is 11.9 Å². The van der Waals surface area contributed by atoms with Crippen LogP contribution in [0.25, 0.3) is 0 Å². The lowest BCUT2D eigenvalue weighted by atomic mass is 9.99. The van der Waals surface area contributed by atoms with Crippen molar-refractivity contribution in [2.24, 2.45) is 11.7 Å². The van der Waals surface area contributed by atoms with Gasteiger partial charge in [-0.3, -0.25) is 4.79 Å². The number of thiophene rings is 1. The zero-order valence-electron chi connectivity index (χ0n) is 13.4. The van der Waals surface area contributed by atoms with Gasteiger partial charge in [-0.25, -0.2) is 13.1 Å². The summed E-state index contributed by atoms with van der Waals surface area (Å²) in [5.41, 5.74) is 5.77. The van der Waals surface area contributed by atoms with Crippen molar-refractivity contribution in [1.82, 2.24) is 10.0 Å². The predicted molar refractivity (Wildman–Crippen MR) is 91.8 cm³/mol. The normalized spacial score (nSPS) is 17.3. The number of carbonyl (C=O) groups is 1. The van der Waals surface area contributed by atoms with Crippen LogP contribution >= 0.6 is 11.3 Å². The van der Waals surface area contributed by atoms with Crippen LogP contribution in [0.5, 0.6) is 0 Å². The summed E-state index contributed by atoms with van der Waals surface area (Å²) in [6, 6.07) is 3.24. The number of nitrogens with one attached hydrogen (secondary N) is 2. The lowest BCUT2D eigenvalue weighted by Crippen LogP contribution is -2.44. The minimum absolute atomic E-state index is 0.0848. The van der Waals surface area contributed by atoms with Crippen LogP contribution in [0.3, 0.4) is 0 Å². The van der Waals surface area contributed by atoms with Gasteiger partial charge in [0.25, 0.3) is 0 Å².